The fourth-order valence-corrected chi connectivity index (χ4v) is 3.81. The Morgan fingerprint density at radius 2 is 1.85 bits per heavy atom. The van der Waals surface area contributed by atoms with Gasteiger partial charge < -0.3 is 45.6 Å². The molecule has 2 aliphatic rings. The third-order valence-electron chi connectivity index (χ3n) is 5.90. The second-order valence-corrected chi connectivity index (χ2v) is 9.00. The van der Waals surface area contributed by atoms with Gasteiger partial charge >= 0.3 is 5.97 Å². The summed E-state index contributed by atoms with van der Waals surface area (Å²) in [5, 5.41) is 26.9. The maximum absolute atomic E-state index is 12.1. The summed E-state index contributed by atoms with van der Waals surface area (Å²) in [7, 11) is 1.08. The van der Waals surface area contributed by atoms with Crippen molar-refractivity contribution >= 4 is 35.6 Å². The van der Waals surface area contributed by atoms with Crippen molar-refractivity contribution in [3.8, 4) is 0 Å². The van der Waals surface area contributed by atoms with Gasteiger partial charge in [0.15, 0.2) is 6.29 Å². The Hall–Kier alpha value is -2.08. The molecule has 2 rings (SSSR count). The number of esters is 1. The molecule has 0 saturated carbocycles. The minimum absolute atomic E-state index is 0. The monoisotopic (exact) mass is 634 g/mol. The van der Waals surface area contributed by atoms with Crippen LogP contribution in [0.3, 0.4) is 0 Å². The van der Waals surface area contributed by atoms with E-state index in [0.717, 1.165) is 7.11 Å². The van der Waals surface area contributed by atoms with Crippen molar-refractivity contribution in [3.05, 3.63) is 5.73 Å². The van der Waals surface area contributed by atoms with Gasteiger partial charge in [-0.05, 0) is 19.4 Å². The van der Waals surface area contributed by atoms with Gasteiger partial charge in [-0.2, -0.15) is 0 Å². The zero-order chi connectivity index (χ0) is 28.6. The number of carbonyl (C=O) groups is 6. The summed E-state index contributed by atoms with van der Waals surface area (Å²) in [6.07, 6.45) is -4.92. The Morgan fingerprint density at radius 1 is 1.23 bits per heavy atom. The van der Waals surface area contributed by atoms with Crippen molar-refractivity contribution in [2.24, 2.45) is 0 Å². The van der Waals surface area contributed by atoms with Crippen LogP contribution in [0.4, 0.5) is 0 Å². The summed E-state index contributed by atoms with van der Waals surface area (Å²) in [5.41, 5.74) is 5.60. The van der Waals surface area contributed by atoms with E-state index < -0.39 is 78.2 Å². The van der Waals surface area contributed by atoms with Crippen LogP contribution in [0.25, 0.3) is 5.73 Å². The van der Waals surface area contributed by atoms with E-state index in [9.17, 15) is 39.0 Å². The van der Waals surface area contributed by atoms with E-state index in [2.05, 4.69) is 15.4 Å². The molecule has 16 nitrogen and oxygen atoms in total. The molecular formula is C22H33N4O12Y-. The van der Waals surface area contributed by atoms with E-state index in [1.54, 1.807) is 0 Å². The number of imide groups is 1. The van der Waals surface area contributed by atoms with Gasteiger partial charge in [-0.1, -0.05) is 0 Å². The van der Waals surface area contributed by atoms with E-state index in [4.69, 9.17) is 20.0 Å². The zero-order valence-electron chi connectivity index (χ0n) is 21.8. The average molecular weight is 634 g/mol. The van der Waals surface area contributed by atoms with Crippen LogP contribution in [-0.2, 0) is 80.5 Å². The SMILES string of the molecule is COC(=O)C([NH-])CC(=O)NCC1OC(OCCCC(=O)ON2C(=O)CCC2=O)C(NC(C)=O)C(C)(O)C1O.[Y]. The predicted octanol–water partition coefficient (Wildman–Crippen LogP) is -2.17. The van der Waals surface area contributed by atoms with Gasteiger partial charge in [0.2, 0.25) is 11.8 Å². The smallest absolute Gasteiger partial charge is 0.333 e. The van der Waals surface area contributed by atoms with E-state index in [1.807, 2.05) is 0 Å². The number of methoxy groups -OCH3 is 1. The van der Waals surface area contributed by atoms with Crippen LogP contribution < -0.4 is 10.6 Å². The standard InChI is InChI=1S/C22H33N4O12.Y/c1-11(27)25-18-21(36-8-4-5-17(31)38-26-15(29)6-7-16(26)30)37-13(19(32)22(18,2)34)10-24-14(28)9-12(23)20(33)35-3;/h12-13,18-19,21,23,32,34H,4-10H2,1-3H3,(H,24,28)(H,25,27);/q-1;. The second kappa shape index (κ2) is 15.6. The first-order chi connectivity index (χ1) is 17.8. The molecule has 2 heterocycles. The molecule has 6 unspecified atom stereocenters. The molecule has 39 heavy (non-hydrogen) atoms. The summed E-state index contributed by atoms with van der Waals surface area (Å²) in [6, 6.07) is -2.69. The molecular weight excluding hydrogens is 601 g/mol. The average Bonchev–Trinajstić information content (AvgIpc) is 3.16. The van der Waals surface area contributed by atoms with Gasteiger partial charge in [-0.3, -0.25) is 24.0 Å². The van der Waals surface area contributed by atoms with Gasteiger partial charge in [0.1, 0.15) is 23.9 Å². The number of hydrogen-bond acceptors (Lipinski definition) is 12. The maximum atomic E-state index is 12.1. The fourth-order valence-electron chi connectivity index (χ4n) is 3.81. The first kappa shape index (κ1) is 35.0. The minimum atomic E-state index is -1.98. The number of carbonyl (C=O) groups excluding carboxylic acids is 6. The molecule has 1 radical (unpaired) electrons. The molecule has 2 aliphatic heterocycles. The van der Waals surface area contributed by atoms with Crippen molar-refractivity contribution in [2.45, 2.75) is 82.1 Å². The van der Waals surface area contributed by atoms with Crippen molar-refractivity contribution in [1.29, 1.82) is 0 Å². The molecule has 2 saturated heterocycles. The van der Waals surface area contributed by atoms with Crippen LogP contribution >= 0.6 is 0 Å². The van der Waals surface area contributed by atoms with Gasteiger partial charge in [0, 0.05) is 65.4 Å². The van der Waals surface area contributed by atoms with E-state index in [0.29, 0.717) is 5.06 Å². The molecule has 0 bridgehead atoms. The van der Waals surface area contributed by atoms with Gasteiger partial charge in [0.25, 0.3) is 17.8 Å². The molecule has 17 heteroatoms. The molecule has 6 atom stereocenters. The zero-order valence-corrected chi connectivity index (χ0v) is 24.7. The number of hydroxylamine groups is 2. The van der Waals surface area contributed by atoms with Gasteiger partial charge in [0.05, 0.1) is 20.1 Å². The van der Waals surface area contributed by atoms with Gasteiger partial charge in [-0.25, -0.2) is 4.79 Å². The van der Waals surface area contributed by atoms with Crippen LogP contribution in [-0.4, -0.2) is 107 Å². The third kappa shape index (κ3) is 9.81. The topological polar surface area (TPSA) is 231 Å². The summed E-state index contributed by atoms with van der Waals surface area (Å²) in [6.45, 7) is 1.94. The van der Waals surface area contributed by atoms with Gasteiger partial charge in [-0.15, -0.1) is 5.06 Å². The molecule has 0 aliphatic carbocycles. The fraction of sp³-hybridized carbons (Fsp3) is 0.727. The molecule has 0 spiro atoms. The number of nitrogens with zero attached hydrogens (tertiary/aromatic N) is 1. The van der Waals surface area contributed by atoms with Crippen LogP contribution in [0, 0.1) is 0 Å². The molecule has 0 aromatic rings. The van der Waals surface area contributed by atoms with Crippen molar-refractivity contribution in [2.75, 3.05) is 20.3 Å². The van der Waals surface area contributed by atoms with E-state index >= 15 is 0 Å². The summed E-state index contributed by atoms with van der Waals surface area (Å²) < 4.78 is 15.7. The van der Waals surface area contributed by atoms with Crippen molar-refractivity contribution in [3.63, 3.8) is 0 Å². The van der Waals surface area contributed by atoms with Crippen molar-refractivity contribution in [1.82, 2.24) is 15.7 Å². The van der Waals surface area contributed by atoms with E-state index in [1.165, 1.54) is 13.8 Å². The number of rotatable bonds is 12. The summed E-state index contributed by atoms with van der Waals surface area (Å²) in [5.74, 6) is -4.24. The van der Waals surface area contributed by atoms with Crippen LogP contribution in [0.1, 0.15) is 46.0 Å². The quantitative estimate of drug-likeness (QED) is 0.102. The Balaban J connectivity index is 0.00000760. The molecule has 217 valence electrons. The number of aliphatic hydroxyl groups excluding tert-OH is 1. The number of nitrogens with one attached hydrogen (secondary N) is 3. The number of ether oxygens (including phenoxy) is 3. The molecule has 4 amide bonds. The molecule has 5 N–H and O–H groups in total. The normalized spacial score (nSPS) is 27.3. The Morgan fingerprint density at radius 3 is 2.41 bits per heavy atom. The number of hydrogen-bond donors (Lipinski definition) is 4. The molecule has 0 aromatic heterocycles. The predicted molar refractivity (Wildman–Crippen MR) is 123 cm³/mol. The summed E-state index contributed by atoms with van der Waals surface area (Å²) in [4.78, 5) is 75.0. The number of aliphatic hydroxyl groups is 2. The maximum Gasteiger partial charge on any atom is 0.333 e. The first-order valence-corrected chi connectivity index (χ1v) is 11.8. The largest absolute Gasteiger partial charge is 0.665 e. The Labute approximate surface area is 249 Å². The molecule has 2 fully saturated rings. The second-order valence-electron chi connectivity index (χ2n) is 9.00. The number of amides is 4. The van der Waals surface area contributed by atoms with E-state index in [-0.39, 0.29) is 71.5 Å². The minimum Gasteiger partial charge on any atom is -0.665 e. The first-order valence-electron chi connectivity index (χ1n) is 11.8. The summed E-state index contributed by atoms with van der Waals surface area (Å²) >= 11 is 0. The van der Waals surface area contributed by atoms with Crippen LogP contribution in [0.15, 0.2) is 0 Å². The molecule has 0 aromatic carbocycles. The Bertz CT molecular complexity index is 917. The van der Waals surface area contributed by atoms with Crippen LogP contribution in [0.5, 0.6) is 0 Å². The van der Waals surface area contributed by atoms with Crippen LogP contribution in [0.2, 0.25) is 0 Å². The Kier molecular flexibility index (Phi) is 14.0. The third-order valence-corrected chi connectivity index (χ3v) is 5.90. The van der Waals surface area contributed by atoms with Crippen molar-refractivity contribution < 1.29 is 90.7 Å².